The maximum Gasteiger partial charge on any atom is 0.264 e. The number of carbonyl (C=O) groups excluding carboxylic acids is 1. The third kappa shape index (κ3) is 3.18. The lowest BCUT2D eigenvalue weighted by Crippen LogP contribution is -2.42. The molecule has 1 amide bonds. The fourth-order valence-corrected chi connectivity index (χ4v) is 3.66. The van der Waals surface area contributed by atoms with Crippen LogP contribution < -0.4 is 5.32 Å². The second kappa shape index (κ2) is 5.63. The minimum Gasteiger partial charge on any atom is -0.335 e. The van der Waals surface area contributed by atoms with Gasteiger partial charge in [-0.05, 0) is 63.7 Å². The number of hydrogen-bond donors (Lipinski definition) is 1. The highest BCUT2D eigenvalue weighted by molar-refractivity contribution is 7.13. The zero-order valence-corrected chi connectivity index (χ0v) is 12.3. The first-order valence-corrected chi connectivity index (χ1v) is 8.14. The highest BCUT2D eigenvalue weighted by atomic mass is 32.1. The third-order valence-corrected chi connectivity index (χ3v) is 5.04. The van der Waals surface area contributed by atoms with Gasteiger partial charge in [0.25, 0.3) is 5.91 Å². The molecule has 1 atom stereocenters. The lowest BCUT2D eigenvalue weighted by atomic mass is 9.99. The van der Waals surface area contributed by atoms with E-state index in [1.54, 1.807) is 11.3 Å². The first kappa shape index (κ1) is 13.1. The maximum absolute atomic E-state index is 12.6. The molecule has 0 radical (unpaired) electrons. The smallest absolute Gasteiger partial charge is 0.264 e. The van der Waals surface area contributed by atoms with Crippen LogP contribution in [0.2, 0.25) is 0 Å². The van der Waals surface area contributed by atoms with E-state index in [9.17, 15) is 4.79 Å². The summed E-state index contributed by atoms with van der Waals surface area (Å²) in [5.74, 6) is 0.894. The Hall–Kier alpha value is -0.870. The number of aryl methyl sites for hydroxylation is 1. The molecule has 1 aromatic rings. The van der Waals surface area contributed by atoms with Crippen LogP contribution in [0.25, 0.3) is 0 Å². The van der Waals surface area contributed by atoms with Crippen molar-refractivity contribution in [3.8, 4) is 0 Å². The van der Waals surface area contributed by atoms with Crippen molar-refractivity contribution >= 4 is 17.2 Å². The van der Waals surface area contributed by atoms with Crippen LogP contribution in [0, 0.1) is 12.8 Å². The molecule has 2 heterocycles. The predicted octanol–water partition coefficient (Wildman–Crippen LogP) is 2.66. The molecule has 2 aliphatic rings. The van der Waals surface area contributed by atoms with Gasteiger partial charge < -0.3 is 10.2 Å². The molecule has 1 aliphatic heterocycles. The van der Waals surface area contributed by atoms with Crippen LogP contribution >= 0.6 is 11.3 Å². The van der Waals surface area contributed by atoms with Gasteiger partial charge >= 0.3 is 0 Å². The van der Waals surface area contributed by atoms with Crippen LogP contribution in [0.1, 0.15) is 40.2 Å². The molecule has 3 nitrogen and oxygen atoms in total. The molecular weight excluding hydrogens is 256 g/mol. The fourth-order valence-electron chi connectivity index (χ4n) is 2.83. The summed E-state index contributed by atoms with van der Waals surface area (Å²) in [4.78, 5) is 16.9. The molecule has 104 valence electrons. The summed E-state index contributed by atoms with van der Waals surface area (Å²) >= 11 is 1.62. The molecule has 1 saturated carbocycles. The second-order valence-electron chi connectivity index (χ2n) is 5.81. The highest BCUT2D eigenvalue weighted by Crippen LogP contribution is 2.31. The monoisotopic (exact) mass is 278 g/mol. The van der Waals surface area contributed by atoms with Gasteiger partial charge in [0.05, 0.1) is 4.88 Å². The number of carbonyl (C=O) groups is 1. The Kier molecular flexibility index (Phi) is 3.89. The van der Waals surface area contributed by atoms with Crippen LogP contribution in [-0.2, 0) is 0 Å². The van der Waals surface area contributed by atoms with Gasteiger partial charge in [-0.2, -0.15) is 0 Å². The average molecular weight is 278 g/mol. The molecular formula is C15H22N2OS. The van der Waals surface area contributed by atoms with Crippen molar-refractivity contribution in [1.82, 2.24) is 10.2 Å². The Morgan fingerprint density at radius 1 is 1.42 bits per heavy atom. The molecule has 1 N–H and O–H groups in total. The standard InChI is InChI=1S/C15H22N2OS/c1-11-4-7-14(19-11)15(18)17(13-5-6-13)10-12-3-2-8-16-9-12/h4,7,12-13,16H,2-3,5-6,8-10H2,1H3. The van der Waals surface area contributed by atoms with E-state index >= 15 is 0 Å². The topological polar surface area (TPSA) is 32.3 Å². The largest absolute Gasteiger partial charge is 0.335 e. The SMILES string of the molecule is Cc1ccc(C(=O)N(CC2CCCNC2)C2CC2)s1. The van der Waals surface area contributed by atoms with Gasteiger partial charge in [-0.1, -0.05) is 0 Å². The van der Waals surface area contributed by atoms with Crippen LogP contribution in [-0.4, -0.2) is 36.5 Å². The van der Waals surface area contributed by atoms with Crippen LogP contribution in [0.3, 0.4) is 0 Å². The average Bonchev–Trinajstić information content (AvgIpc) is 3.18. The summed E-state index contributed by atoms with van der Waals surface area (Å²) in [5.41, 5.74) is 0. The van der Waals surface area contributed by atoms with Gasteiger partial charge in [0.2, 0.25) is 0 Å². The van der Waals surface area contributed by atoms with E-state index in [1.165, 1.54) is 30.6 Å². The lowest BCUT2D eigenvalue weighted by Gasteiger charge is -2.30. The minimum absolute atomic E-state index is 0.256. The Balaban J connectivity index is 1.68. The van der Waals surface area contributed by atoms with E-state index in [4.69, 9.17) is 0 Å². The Morgan fingerprint density at radius 3 is 2.84 bits per heavy atom. The highest BCUT2D eigenvalue weighted by Gasteiger charge is 2.35. The number of amides is 1. The molecule has 1 aliphatic carbocycles. The van der Waals surface area contributed by atoms with E-state index < -0.39 is 0 Å². The Morgan fingerprint density at radius 2 is 2.26 bits per heavy atom. The lowest BCUT2D eigenvalue weighted by molar-refractivity contribution is 0.0709. The zero-order chi connectivity index (χ0) is 13.2. The fraction of sp³-hybridized carbons (Fsp3) is 0.667. The second-order valence-corrected chi connectivity index (χ2v) is 7.10. The number of hydrogen-bond acceptors (Lipinski definition) is 3. The van der Waals surface area contributed by atoms with E-state index in [0.717, 1.165) is 24.5 Å². The van der Waals surface area contributed by atoms with Gasteiger partial charge in [-0.25, -0.2) is 0 Å². The van der Waals surface area contributed by atoms with Gasteiger partial charge in [-0.3, -0.25) is 4.79 Å². The molecule has 0 spiro atoms. The van der Waals surface area contributed by atoms with Crippen LogP contribution in [0.4, 0.5) is 0 Å². The molecule has 3 rings (SSSR count). The molecule has 0 bridgehead atoms. The van der Waals surface area contributed by atoms with Crippen molar-refractivity contribution in [2.45, 2.75) is 38.6 Å². The minimum atomic E-state index is 0.256. The van der Waals surface area contributed by atoms with Gasteiger partial charge in [0, 0.05) is 17.5 Å². The molecule has 19 heavy (non-hydrogen) atoms. The van der Waals surface area contributed by atoms with Crippen molar-refractivity contribution < 1.29 is 4.79 Å². The van der Waals surface area contributed by atoms with Crippen LogP contribution in [0.15, 0.2) is 12.1 Å². The number of nitrogens with one attached hydrogen (secondary N) is 1. The summed E-state index contributed by atoms with van der Waals surface area (Å²) in [6, 6.07) is 4.54. The first-order chi connectivity index (χ1) is 9.24. The Labute approximate surface area is 119 Å². The summed E-state index contributed by atoms with van der Waals surface area (Å²) in [7, 11) is 0. The number of thiophene rings is 1. The van der Waals surface area contributed by atoms with Gasteiger partial charge in [-0.15, -0.1) is 11.3 Å². The van der Waals surface area contributed by atoms with E-state index in [1.807, 2.05) is 12.1 Å². The van der Waals surface area contributed by atoms with Crippen molar-refractivity contribution in [2.75, 3.05) is 19.6 Å². The van der Waals surface area contributed by atoms with E-state index in [0.29, 0.717) is 12.0 Å². The molecule has 1 saturated heterocycles. The number of rotatable bonds is 4. The molecule has 0 aromatic carbocycles. The van der Waals surface area contributed by atoms with E-state index in [2.05, 4.69) is 17.1 Å². The predicted molar refractivity (Wildman–Crippen MR) is 78.7 cm³/mol. The summed E-state index contributed by atoms with van der Waals surface area (Å²) in [5, 5.41) is 3.45. The number of piperidine rings is 1. The van der Waals surface area contributed by atoms with Gasteiger partial charge in [0.1, 0.15) is 0 Å². The molecule has 4 heteroatoms. The zero-order valence-electron chi connectivity index (χ0n) is 11.5. The van der Waals surface area contributed by atoms with E-state index in [-0.39, 0.29) is 5.91 Å². The maximum atomic E-state index is 12.6. The molecule has 1 aromatic heterocycles. The number of nitrogens with zero attached hydrogens (tertiary/aromatic N) is 1. The first-order valence-electron chi connectivity index (χ1n) is 7.32. The van der Waals surface area contributed by atoms with Crippen molar-refractivity contribution in [3.05, 3.63) is 21.9 Å². The third-order valence-electron chi connectivity index (χ3n) is 4.05. The Bertz CT molecular complexity index is 447. The summed E-state index contributed by atoms with van der Waals surface area (Å²) in [6.07, 6.45) is 4.88. The van der Waals surface area contributed by atoms with Crippen LogP contribution in [0.5, 0.6) is 0 Å². The molecule has 1 unspecified atom stereocenters. The normalized spacial score (nSPS) is 23.3. The summed E-state index contributed by atoms with van der Waals surface area (Å²) in [6.45, 7) is 5.21. The van der Waals surface area contributed by atoms with Crippen molar-refractivity contribution in [2.24, 2.45) is 5.92 Å². The summed E-state index contributed by atoms with van der Waals surface area (Å²) < 4.78 is 0. The van der Waals surface area contributed by atoms with Crippen molar-refractivity contribution in [3.63, 3.8) is 0 Å². The van der Waals surface area contributed by atoms with Crippen molar-refractivity contribution in [1.29, 1.82) is 0 Å². The quantitative estimate of drug-likeness (QED) is 0.918. The van der Waals surface area contributed by atoms with Gasteiger partial charge in [0.15, 0.2) is 0 Å². The molecule has 2 fully saturated rings.